The number of hydrogen-bond acceptors (Lipinski definition) is 1. The first-order valence-electron chi connectivity index (χ1n) is 2.74. The Morgan fingerprint density at radius 3 is 1.89 bits per heavy atom. The van der Waals surface area contributed by atoms with E-state index in [-0.39, 0.29) is 5.78 Å². The molecule has 0 aliphatic heterocycles. The Hall–Kier alpha value is -1.03. The summed E-state index contributed by atoms with van der Waals surface area (Å²) in [6.07, 6.45) is 4.88. The van der Waals surface area contributed by atoms with Crippen molar-refractivity contribution in [3.63, 3.8) is 0 Å². The van der Waals surface area contributed by atoms with Crippen molar-refractivity contribution in [3.8, 4) is 12.3 Å². The molecule has 0 aliphatic carbocycles. The highest BCUT2D eigenvalue weighted by molar-refractivity contribution is 6.08. The molecule has 0 heterocycles. The van der Waals surface area contributed by atoms with Gasteiger partial charge in [0.15, 0.2) is 0 Å². The lowest BCUT2D eigenvalue weighted by Gasteiger charge is -1.93. The lowest BCUT2D eigenvalue weighted by Crippen LogP contribution is -1.95. The molecule has 0 amide bonds. The summed E-state index contributed by atoms with van der Waals surface area (Å²) in [5.74, 6) is 1.84. The van der Waals surface area contributed by atoms with E-state index in [9.17, 15) is 4.79 Å². The molecule has 0 rings (SSSR count). The Morgan fingerprint density at radius 1 is 1.33 bits per heavy atom. The van der Waals surface area contributed by atoms with E-state index in [1.165, 1.54) is 0 Å². The molecule has 0 N–H and O–H groups in total. The van der Waals surface area contributed by atoms with Crippen LogP contribution in [0.4, 0.5) is 0 Å². The maximum Gasteiger partial charge on any atom is 0.231 e. The Morgan fingerprint density at radius 2 is 1.78 bits per heavy atom. The van der Waals surface area contributed by atoms with Crippen LogP contribution in [-0.4, -0.2) is 5.78 Å². The van der Waals surface area contributed by atoms with Crippen LogP contribution in [0.2, 0.25) is 0 Å². The molecule has 0 aliphatic rings. The highest BCUT2D eigenvalue weighted by atomic mass is 16.1. The molecule has 9 heavy (non-hydrogen) atoms. The van der Waals surface area contributed by atoms with Gasteiger partial charge in [-0.25, -0.2) is 0 Å². The van der Waals surface area contributed by atoms with Crippen LogP contribution < -0.4 is 0 Å². The minimum Gasteiger partial charge on any atom is -0.280 e. The first-order valence-corrected chi connectivity index (χ1v) is 2.74. The van der Waals surface area contributed by atoms with Gasteiger partial charge >= 0.3 is 0 Å². The average Bonchev–Trinajstić information content (AvgIpc) is 1.84. The fourth-order valence-corrected chi connectivity index (χ4v) is 0.335. The molecule has 48 valence electrons. The van der Waals surface area contributed by atoms with Crippen molar-refractivity contribution in [1.29, 1.82) is 0 Å². The number of Topliss-reactive ketones (excluding diaryl/α,β-unsaturated/α-hetero) is 1. The second kappa shape index (κ2) is 3.09. The minimum atomic E-state index is -0.213. The molecule has 0 aromatic carbocycles. The maximum atomic E-state index is 10.7. The fourth-order valence-electron chi connectivity index (χ4n) is 0.335. The Kier molecular flexibility index (Phi) is 2.73. The summed E-state index contributed by atoms with van der Waals surface area (Å²) < 4.78 is 0. The zero-order valence-corrected chi connectivity index (χ0v) is 5.99. The molecule has 1 heteroatoms. The lowest BCUT2D eigenvalue weighted by molar-refractivity contribution is -0.110. The molecule has 1 nitrogen and oxygen atoms in total. The van der Waals surface area contributed by atoms with Crippen molar-refractivity contribution in [2.24, 2.45) is 0 Å². The van der Waals surface area contributed by atoms with Crippen LogP contribution in [0, 0.1) is 12.3 Å². The van der Waals surface area contributed by atoms with E-state index in [0.29, 0.717) is 5.57 Å². The first kappa shape index (κ1) is 7.97. The van der Waals surface area contributed by atoms with Gasteiger partial charge in [0.1, 0.15) is 0 Å². The smallest absolute Gasteiger partial charge is 0.231 e. The molecule has 0 bridgehead atoms. The molecule has 0 unspecified atom stereocenters. The Labute approximate surface area is 55.8 Å². The maximum absolute atomic E-state index is 10.7. The predicted octanol–water partition coefficient (Wildman–Crippen LogP) is 1.54. The van der Waals surface area contributed by atoms with Gasteiger partial charge in [-0.2, -0.15) is 0 Å². The van der Waals surface area contributed by atoms with E-state index in [1.807, 2.05) is 19.8 Å². The molecule has 0 aromatic rings. The van der Waals surface area contributed by atoms with Gasteiger partial charge in [0.05, 0.1) is 0 Å². The second-order valence-corrected chi connectivity index (χ2v) is 2.10. The lowest BCUT2D eigenvalue weighted by atomic mass is 10.1. The normalized spacial score (nSPS) is 7.78. The van der Waals surface area contributed by atoms with Gasteiger partial charge in [-0.15, -0.1) is 6.42 Å². The molecule has 0 saturated carbocycles. The van der Waals surface area contributed by atoms with E-state index >= 15 is 0 Å². The van der Waals surface area contributed by atoms with Crippen molar-refractivity contribution in [3.05, 3.63) is 11.1 Å². The Bertz CT molecular complexity index is 187. The molecule has 0 saturated heterocycles. The van der Waals surface area contributed by atoms with Crippen LogP contribution in [0.1, 0.15) is 20.8 Å². The number of rotatable bonds is 1. The molecule has 0 fully saturated rings. The largest absolute Gasteiger partial charge is 0.280 e. The van der Waals surface area contributed by atoms with Crippen molar-refractivity contribution >= 4 is 5.78 Å². The summed E-state index contributed by atoms with van der Waals surface area (Å²) in [4.78, 5) is 10.7. The van der Waals surface area contributed by atoms with Crippen LogP contribution in [0.3, 0.4) is 0 Å². The van der Waals surface area contributed by atoms with E-state index in [1.54, 1.807) is 6.92 Å². The van der Waals surface area contributed by atoms with Crippen molar-refractivity contribution < 1.29 is 4.79 Å². The standard InChI is InChI=1S/C8H10O/c1-5-8(9)7(4)6(2)3/h1H,2-4H3. The third-order valence-electron chi connectivity index (χ3n) is 1.22. The van der Waals surface area contributed by atoms with Gasteiger partial charge in [-0.05, 0) is 26.7 Å². The zero-order valence-electron chi connectivity index (χ0n) is 5.99. The van der Waals surface area contributed by atoms with Crippen LogP contribution in [-0.2, 0) is 4.79 Å². The first-order chi connectivity index (χ1) is 4.09. The van der Waals surface area contributed by atoms with E-state index in [4.69, 9.17) is 6.42 Å². The molecule has 0 atom stereocenters. The quantitative estimate of drug-likeness (QED) is 0.293. The summed E-state index contributed by atoms with van der Waals surface area (Å²) in [5, 5.41) is 0. The van der Waals surface area contributed by atoms with Crippen LogP contribution in [0.15, 0.2) is 11.1 Å². The van der Waals surface area contributed by atoms with E-state index in [2.05, 4.69) is 0 Å². The highest BCUT2D eigenvalue weighted by Crippen LogP contribution is 2.01. The average molecular weight is 122 g/mol. The summed E-state index contributed by atoms with van der Waals surface area (Å²) >= 11 is 0. The van der Waals surface area contributed by atoms with Gasteiger partial charge in [-0.1, -0.05) is 5.57 Å². The number of carbonyl (C=O) groups is 1. The van der Waals surface area contributed by atoms with Gasteiger partial charge < -0.3 is 0 Å². The minimum absolute atomic E-state index is 0.213. The summed E-state index contributed by atoms with van der Waals surface area (Å²) in [5.41, 5.74) is 1.66. The molecule has 0 radical (unpaired) electrons. The van der Waals surface area contributed by atoms with Crippen LogP contribution >= 0.6 is 0 Å². The number of terminal acetylenes is 1. The number of allylic oxidation sites excluding steroid dienone is 2. The second-order valence-electron chi connectivity index (χ2n) is 2.10. The van der Waals surface area contributed by atoms with Gasteiger partial charge in [0.2, 0.25) is 5.78 Å². The zero-order chi connectivity index (χ0) is 7.44. The number of carbonyl (C=O) groups excluding carboxylic acids is 1. The molecular formula is C8H10O. The summed E-state index contributed by atoms with van der Waals surface area (Å²) in [6.45, 7) is 5.46. The molecular weight excluding hydrogens is 112 g/mol. The topological polar surface area (TPSA) is 17.1 Å². The molecule has 0 aromatic heterocycles. The van der Waals surface area contributed by atoms with E-state index < -0.39 is 0 Å². The summed E-state index contributed by atoms with van der Waals surface area (Å²) in [6, 6.07) is 0. The third kappa shape index (κ3) is 2.14. The number of hydrogen-bond donors (Lipinski definition) is 0. The fraction of sp³-hybridized carbons (Fsp3) is 0.375. The van der Waals surface area contributed by atoms with Gasteiger partial charge in [0, 0.05) is 5.57 Å². The monoisotopic (exact) mass is 122 g/mol. The van der Waals surface area contributed by atoms with Crippen LogP contribution in [0.5, 0.6) is 0 Å². The van der Waals surface area contributed by atoms with Crippen molar-refractivity contribution in [1.82, 2.24) is 0 Å². The van der Waals surface area contributed by atoms with Crippen LogP contribution in [0.25, 0.3) is 0 Å². The van der Waals surface area contributed by atoms with Crippen molar-refractivity contribution in [2.45, 2.75) is 20.8 Å². The van der Waals surface area contributed by atoms with Gasteiger partial charge in [0.25, 0.3) is 0 Å². The van der Waals surface area contributed by atoms with Crippen molar-refractivity contribution in [2.75, 3.05) is 0 Å². The van der Waals surface area contributed by atoms with Gasteiger partial charge in [-0.3, -0.25) is 4.79 Å². The molecule has 0 spiro atoms. The summed E-state index contributed by atoms with van der Waals surface area (Å²) in [7, 11) is 0. The third-order valence-corrected chi connectivity index (χ3v) is 1.22. The number of ketones is 1. The predicted molar refractivity (Wildman–Crippen MR) is 37.9 cm³/mol. The SMILES string of the molecule is C#CC(=O)C(C)=C(C)C. The Balaban J connectivity index is 4.45. The highest BCUT2D eigenvalue weighted by Gasteiger charge is 1.99. The van der Waals surface area contributed by atoms with E-state index in [0.717, 1.165) is 5.57 Å².